The molecule has 2 nitrogen and oxygen atoms in total. The zero-order valence-electron chi connectivity index (χ0n) is 9.75. The summed E-state index contributed by atoms with van der Waals surface area (Å²) in [6.45, 7) is 6.34. The van der Waals surface area contributed by atoms with Crippen LogP contribution in [0.5, 0.6) is 11.5 Å². The van der Waals surface area contributed by atoms with Crippen LogP contribution >= 0.6 is 0 Å². The first-order chi connectivity index (χ1) is 6.97. The van der Waals surface area contributed by atoms with Crippen molar-refractivity contribution in [3.8, 4) is 11.5 Å². The minimum Gasteiger partial charge on any atom is -0.508 e. The lowest BCUT2D eigenvalue weighted by Crippen LogP contribution is -2.17. The van der Waals surface area contributed by atoms with Crippen LogP contribution in [0.15, 0.2) is 18.2 Å². The number of hydrogen-bond acceptors (Lipinski definition) is 2. The average Bonchev–Trinajstić information content (AvgIpc) is 2.18. The van der Waals surface area contributed by atoms with Crippen molar-refractivity contribution in [2.75, 3.05) is 0 Å². The Bertz CT molecular complexity index is 329. The Morgan fingerprint density at radius 1 is 1.20 bits per heavy atom. The summed E-state index contributed by atoms with van der Waals surface area (Å²) in [5.41, 5.74) is 0.745. The molecule has 84 valence electrons. The van der Waals surface area contributed by atoms with Gasteiger partial charge in [-0.1, -0.05) is 33.6 Å². The molecule has 0 aliphatic rings. The fraction of sp³-hybridized carbons (Fsp3) is 0.538. The summed E-state index contributed by atoms with van der Waals surface area (Å²) in [4.78, 5) is 0. The summed E-state index contributed by atoms with van der Waals surface area (Å²) in [6.07, 6.45) is 3.28. The third-order valence-electron chi connectivity index (χ3n) is 2.86. The van der Waals surface area contributed by atoms with Gasteiger partial charge in [0.05, 0.1) is 0 Å². The monoisotopic (exact) mass is 208 g/mol. The van der Waals surface area contributed by atoms with E-state index in [9.17, 15) is 10.2 Å². The van der Waals surface area contributed by atoms with Crippen LogP contribution in [0.25, 0.3) is 0 Å². The van der Waals surface area contributed by atoms with Gasteiger partial charge in [0.15, 0.2) is 0 Å². The molecule has 0 spiro atoms. The Morgan fingerprint density at radius 3 is 2.47 bits per heavy atom. The van der Waals surface area contributed by atoms with Crippen molar-refractivity contribution in [3.63, 3.8) is 0 Å². The first-order valence-corrected chi connectivity index (χ1v) is 5.50. The van der Waals surface area contributed by atoms with E-state index in [4.69, 9.17) is 0 Å². The molecule has 1 rings (SSSR count). The third-order valence-corrected chi connectivity index (χ3v) is 2.86. The number of aromatic hydroxyl groups is 2. The number of phenols is 2. The quantitative estimate of drug-likeness (QED) is 0.743. The molecule has 0 bridgehead atoms. The summed E-state index contributed by atoms with van der Waals surface area (Å²) in [6, 6.07) is 4.72. The Labute approximate surface area is 91.6 Å². The van der Waals surface area contributed by atoms with Gasteiger partial charge in [0.25, 0.3) is 0 Å². The van der Waals surface area contributed by atoms with Gasteiger partial charge in [0.1, 0.15) is 11.5 Å². The van der Waals surface area contributed by atoms with Crippen LogP contribution in [0.3, 0.4) is 0 Å². The van der Waals surface area contributed by atoms with Crippen LogP contribution in [0.2, 0.25) is 0 Å². The highest BCUT2D eigenvalue weighted by Gasteiger charge is 2.23. The molecule has 0 aromatic heterocycles. The molecule has 0 amide bonds. The van der Waals surface area contributed by atoms with Gasteiger partial charge in [0, 0.05) is 5.56 Å². The highest BCUT2D eigenvalue weighted by Crippen LogP contribution is 2.36. The molecule has 15 heavy (non-hydrogen) atoms. The van der Waals surface area contributed by atoms with Crippen molar-refractivity contribution < 1.29 is 10.2 Å². The lowest BCUT2D eigenvalue weighted by molar-refractivity contribution is 0.404. The summed E-state index contributed by atoms with van der Waals surface area (Å²) in [5, 5.41) is 19.2. The molecular formula is C13H20O2. The molecule has 0 heterocycles. The van der Waals surface area contributed by atoms with Gasteiger partial charge >= 0.3 is 0 Å². The number of phenolic OH excluding ortho intramolecular Hbond substituents is 2. The Balaban J connectivity index is 2.97. The fourth-order valence-corrected chi connectivity index (χ4v) is 1.82. The number of benzene rings is 1. The molecule has 1 aromatic rings. The normalized spacial score (nSPS) is 11.7. The second-order valence-corrected chi connectivity index (χ2v) is 4.69. The van der Waals surface area contributed by atoms with Gasteiger partial charge in [-0.15, -0.1) is 0 Å². The lowest BCUT2D eigenvalue weighted by atomic mass is 9.79. The minimum atomic E-state index is -0.0845. The molecule has 0 saturated carbocycles. The van der Waals surface area contributed by atoms with Crippen molar-refractivity contribution >= 4 is 0 Å². The molecular weight excluding hydrogens is 188 g/mol. The first kappa shape index (κ1) is 11.9. The molecule has 2 N–H and O–H groups in total. The maximum atomic E-state index is 9.76. The summed E-state index contributed by atoms with van der Waals surface area (Å²) >= 11 is 0. The lowest BCUT2D eigenvalue weighted by Gasteiger charge is -2.26. The summed E-state index contributed by atoms with van der Waals surface area (Å²) in [7, 11) is 0. The Hall–Kier alpha value is -1.18. The smallest absolute Gasteiger partial charge is 0.119 e. The van der Waals surface area contributed by atoms with E-state index in [2.05, 4.69) is 20.8 Å². The minimum absolute atomic E-state index is 0.0845. The van der Waals surface area contributed by atoms with Crippen LogP contribution in [-0.2, 0) is 5.41 Å². The van der Waals surface area contributed by atoms with E-state index >= 15 is 0 Å². The number of unbranched alkanes of at least 4 members (excludes halogenated alkanes) is 1. The van der Waals surface area contributed by atoms with Gasteiger partial charge < -0.3 is 10.2 Å². The molecule has 0 saturated heterocycles. The molecule has 1 aromatic carbocycles. The molecule has 0 radical (unpaired) electrons. The van der Waals surface area contributed by atoms with E-state index in [1.807, 2.05) is 0 Å². The zero-order valence-corrected chi connectivity index (χ0v) is 9.75. The van der Waals surface area contributed by atoms with Crippen LogP contribution in [0.4, 0.5) is 0 Å². The van der Waals surface area contributed by atoms with Crippen molar-refractivity contribution in [2.24, 2.45) is 0 Å². The highest BCUT2D eigenvalue weighted by molar-refractivity contribution is 5.42. The molecule has 0 fully saturated rings. The largest absolute Gasteiger partial charge is 0.508 e. The number of hydrogen-bond donors (Lipinski definition) is 2. The van der Waals surface area contributed by atoms with E-state index in [1.54, 1.807) is 12.1 Å². The SMILES string of the molecule is CCCCC(C)(C)c1cc(O)ccc1O. The molecule has 0 aliphatic heterocycles. The van der Waals surface area contributed by atoms with Crippen LogP contribution in [0.1, 0.15) is 45.6 Å². The molecule has 0 unspecified atom stereocenters. The fourth-order valence-electron chi connectivity index (χ4n) is 1.82. The maximum absolute atomic E-state index is 9.76. The van der Waals surface area contributed by atoms with Gasteiger partial charge in [-0.05, 0) is 30.0 Å². The van der Waals surface area contributed by atoms with Gasteiger partial charge in [0.2, 0.25) is 0 Å². The van der Waals surface area contributed by atoms with Crippen LogP contribution in [-0.4, -0.2) is 10.2 Å². The van der Waals surface area contributed by atoms with E-state index < -0.39 is 0 Å². The van der Waals surface area contributed by atoms with Crippen molar-refractivity contribution in [1.29, 1.82) is 0 Å². The average molecular weight is 208 g/mol. The van der Waals surface area contributed by atoms with Gasteiger partial charge in [-0.25, -0.2) is 0 Å². The van der Waals surface area contributed by atoms with E-state index in [1.165, 1.54) is 6.07 Å². The van der Waals surface area contributed by atoms with E-state index in [0.717, 1.165) is 24.8 Å². The Kier molecular flexibility index (Phi) is 3.61. The summed E-state index contributed by atoms with van der Waals surface area (Å²) in [5.74, 6) is 0.487. The van der Waals surface area contributed by atoms with Crippen molar-refractivity contribution in [3.05, 3.63) is 23.8 Å². The van der Waals surface area contributed by atoms with Crippen LogP contribution in [0, 0.1) is 0 Å². The highest BCUT2D eigenvalue weighted by atomic mass is 16.3. The second-order valence-electron chi connectivity index (χ2n) is 4.69. The topological polar surface area (TPSA) is 40.5 Å². The van der Waals surface area contributed by atoms with Gasteiger partial charge in [-0.3, -0.25) is 0 Å². The molecule has 0 atom stereocenters. The van der Waals surface area contributed by atoms with E-state index in [-0.39, 0.29) is 16.9 Å². The number of rotatable bonds is 4. The summed E-state index contributed by atoms with van der Waals surface area (Å²) < 4.78 is 0. The predicted molar refractivity (Wildman–Crippen MR) is 62.3 cm³/mol. The molecule has 0 aliphatic carbocycles. The standard InChI is InChI=1S/C13H20O2/c1-4-5-8-13(2,3)11-9-10(14)6-7-12(11)15/h6-7,9,14-15H,4-5,8H2,1-3H3. The molecule has 2 heteroatoms. The van der Waals surface area contributed by atoms with Crippen molar-refractivity contribution in [1.82, 2.24) is 0 Å². The third kappa shape index (κ3) is 2.88. The van der Waals surface area contributed by atoms with Crippen LogP contribution < -0.4 is 0 Å². The second kappa shape index (κ2) is 4.56. The van der Waals surface area contributed by atoms with E-state index in [0.29, 0.717) is 0 Å². The predicted octanol–water partition coefficient (Wildman–Crippen LogP) is 3.57. The maximum Gasteiger partial charge on any atom is 0.119 e. The van der Waals surface area contributed by atoms with Gasteiger partial charge in [-0.2, -0.15) is 0 Å². The zero-order chi connectivity index (χ0) is 11.5. The first-order valence-electron chi connectivity index (χ1n) is 5.50. The Morgan fingerprint density at radius 2 is 1.87 bits per heavy atom. The van der Waals surface area contributed by atoms with Crippen molar-refractivity contribution in [2.45, 2.75) is 45.4 Å².